The smallest absolute Gasteiger partial charge is 0.101 e. The Bertz CT molecular complexity index is 410. The summed E-state index contributed by atoms with van der Waals surface area (Å²) < 4.78 is 0. The number of nitriles is 1. The highest BCUT2D eigenvalue weighted by Crippen LogP contribution is 2.20. The van der Waals surface area contributed by atoms with Gasteiger partial charge in [-0.2, -0.15) is 5.26 Å². The van der Waals surface area contributed by atoms with Crippen molar-refractivity contribution in [2.75, 3.05) is 26.0 Å². The van der Waals surface area contributed by atoms with Gasteiger partial charge in [-0.3, -0.25) is 0 Å². The first-order valence-electron chi connectivity index (χ1n) is 5.64. The molecular formula is C13H18ClN3. The number of rotatable bonds is 5. The molecule has 3 nitrogen and oxygen atoms in total. The van der Waals surface area contributed by atoms with Crippen molar-refractivity contribution in [1.29, 1.82) is 5.26 Å². The summed E-state index contributed by atoms with van der Waals surface area (Å²) in [4.78, 5) is 2.14. The van der Waals surface area contributed by atoms with Gasteiger partial charge in [0.2, 0.25) is 0 Å². The van der Waals surface area contributed by atoms with E-state index in [2.05, 4.69) is 37.3 Å². The van der Waals surface area contributed by atoms with Crippen molar-refractivity contribution >= 4 is 17.3 Å². The molecule has 0 fully saturated rings. The van der Waals surface area contributed by atoms with Gasteiger partial charge in [0.25, 0.3) is 0 Å². The molecule has 0 heterocycles. The van der Waals surface area contributed by atoms with Crippen LogP contribution in [0.3, 0.4) is 0 Å². The largest absolute Gasteiger partial charge is 0.381 e. The molecule has 0 saturated carbocycles. The van der Waals surface area contributed by atoms with Gasteiger partial charge in [-0.1, -0.05) is 11.6 Å². The van der Waals surface area contributed by atoms with Crippen LogP contribution < -0.4 is 5.32 Å². The lowest BCUT2D eigenvalue weighted by atomic mass is 10.1. The van der Waals surface area contributed by atoms with Crippen LogP contribution in [0.5, 0.6) is 0 Å². The SMILES string of the molecule is CC(CCN(C)C)Nc1ccc(Cl)cc1C#N. The van der Waals surface area contributed by atoms with Gasteiger partial charge >= 0.3 is 0 Å². The van der Waals surface area contributed by atoms with Gasteiger partial charge < -0.3 is 10.2 Å². The second-order valence-corrected chi connectivity index (χ2v) is 4.88. The molecule has 1 unspecified atom stereocenters. The molecule has 0 saturated heterocycles. The molecule has 4 heteroatoms. The number of nitrogens with zero attached hydrogens (tertiary/aromatic N) is 2. The van der Waals surface area contributed by atoms with Gasteiger partial charge in [-0.25, -0.2) is 0 Å². The summed E-state index contributed by atoms with van der Waals surface area (Å²) in [6.07, 6.45) is 1.03. The van der Waals surface area contributed by atoms with E-state index in [1.165, 1.54) is 0 Å². The first-order chi connectivity index (χ1) is 8.02. The second-order valence-electron chi connectivity index (χ2n) is 4.44. The predicted molar refractivity (Wildman–Crippen MR) is 72.4 cm³/mol. The van der Waals surface area contributed by atoms with E-state index in [-0.39, 0.29) is 0 Å². The van der Waals surface area contributed by atoms with Gasteiger partial charge in [0.1, 0.15) is 6.07 Å². The number of benzene rings is 1. The minimum Gasteiger partial charge on any atom is -0.381 e. The van der Waals surface area contributed by atoms with Crippen LogP contribution in [-0.4, -0.2) is 31.6 Å². The zero-order valence-corrected chi connectivity index (χ0v) is 11.3. The van der Waals surface area contributed by atoms with E-state index in [0.29, 0.717) is 16.6 Å². The van der Waals surface area contributed by atoms with Crippen LogP contribution in [0.4, 0.5) is 5.69 Å². The minimum atomic E-state index is 0.325. The van der Waals surface area contributed by atoms with Crippen LogP contribution in [0.1, 0.15) is 18.9 Å². The Morgan fingerprint density at radius 3 is 2.76 bits per heavy atom. The van der Waals surface area contributed by atoms with E-state index in [0.717, 1.165) is 18.7 Å². The van der Waals surface area contributed by atoms with Gasteiger partial charge in [-0.05, 0) is 52.2 Å². The third-order valence-corrected chi connectivity index (χ3v) is 2.75. The van der Waals surface area contributed by atoms with Gasteiger partial charge in [-0.15, -0.1) is 0 Å². The molecule has 92 valence electrons. The van der Waals surface area contributed by atoms with Crippen LogP contribution in [-0.2, 0) is 0 Å². The van der Waals surface area contributed by atoms with E-state index in [1.807, 2.05) is 6.07 Å². The molecular weight excluding hydrogens is 234 g/mol. The van der Waals surface area contributed by atoms with E-state index in [9.17, 15) is 0 Å². The molecule has 17 heavy (non-hydrogen) atoms. The summed E-state index contributed by atoms with van der Waals surface area (Å²) in [6.45, 7) is 3.13. The summed E-state index contributed by atoms with van der Waals surface area (Å²) in [5.41, 5.74) is 1.44. The lowest BCUT2D eigenvalue weighted by Gasteiger charge is -2.18. The number of hydrogen-bond donors (Lipinski definition) is 1. The lowest BCUT2D eigenvalue weighted by Crippen LogP contribution is -2.23. The average molecular weight is 252 g/mol. The number of hydrogen-bond acceptors (Lipinski definition) is 3. The van der Waals surface area contributed by atoms with E-state index in [4.69, 9.17) is 16.9 Å². The molecule has 1 aromatic carbocycles. The quantitative estimate of drug-likeness (QED) is 0.875. The Hall–Kier alpha value is -1.24. The number of nitrogens with one attached hydrogen (secondary N) is 1. The van der Waals surface area contributed by atoms with Gasteiger partial charge in [0.15, 0.2) is 0 Å². The molecule has 0 aliphatic rings. The Morgan fingerprint density at radius 1 is 1.47 bits per heavy atom. The van der Waals surface area contributed by atoms with Gasteiger partial charge in [0.05, 0.1) is 11.3 Å². The minimum absolute atomic E-state index is 0.325. The fraction of sp³-hybridized carbons (Fsp3) is 0.462. The highest BCUT2D eigenvalue weighted by atomic mass is 35.5. The maximum absolute atomic E-state index is 9.02. The Labute approximate surface area is 108 Å². The Kier molecular flexibility index (Phi) is 5.27. The standard InChI is InChI=1S/C13H18ClN3/c1-10(6-7-17(2)3)16-13-5-4-12(14)8-11(13)9-15/h4-5,8,10,16H,6-7H2,1-3H3. The van der Waals surface area contributed by atoms with Crippen molar-refractivity contribution in [3.05, 3.63) is 28.8 Å². The molecule has 0 bridgehead atoms. The van der Waals surface area contributed by atoms with E-state index >= 15 is 0 Å². The summed E-state index contributed by atoms with van der Waals surface area (Å²) >= 11 is 5.85. The Morgan fingerprint density at radius 2 is 2.18 bits per heavy atom. The van der Waals surface area contributed by atoms with Crippen molar-refractivity contribution < 1.29 is 0 Å². The molecule has 1 atom stereocenters. The third kappa shape index (κ3) is 4.64. The van der Waals surface area contributed by atoms with Gasteiger partial charge in [0, 0.05) is 11.1 Å². The van der Waals surface area contributed by atoms with Crippen LogP contribution in [0.25, 0.3) is 0 Å². The summed E-state index contributed by atoms with van der Waals surface area (Å²) in [6, 6.07) is 7.81. The molecule has 1 N–H and O–H groups in total. The molecule has 0 spiro atoms. The van der Waals surface area contributed by atoms with Crippen LogP contribution >= 0.6 is 11.6 Å². The predicted octanol–water partition coefficient (Wildman–Crippen LogP) is 2.96. The number of halogens is 1. The normalized spacial score (nSPS) is 12.2. The molecule has 0 radical (unpaired) electrons. The zero-order valence-electron chi connectivity index (χ0n) is 10.5. The molecule has 0 aliphatic carbocycles. The van der Waals surface area contributed by atoms with Crippen LogP contribution in [0.2, 0.25) is 5.02 Å². The molecule has 0 amide bonds. The first-order valence-corrected chi connectivity index (χ1v) is 6.01. The highest BCUT2D eigenvalue weighted by Gasteiger charge is 2.07. The van der Waals surface area contributed by atoms with Crippen LogP contribution in [0, 0.1) is 11.3 Å². The third-order valence-electron chi connectivity index (χ3n) is 2.51. The topological polar surface area (TPSA) is 39.1 Å². The highest BCUT2D eigenvalue weighted by molar-refractivity contribution is 6.30. The zero-order chi connectivity index (χ0) is 12.8. The molecule has 1 aromatic rings. The maximum atomic E-state index is 9.02. The second kappa shape index (κ2) is 6.48. The van der Waals surface area contributed by atoms with Crippen molar-refractivity contribution in [3.63, 3.8) is 0 Å². The summed E-state index contributed by atoms with van der Waals surface area (Å²) in [5.74, 6) is 0. The Balaban J connectivity index is 2.65. The molecule has 1 rings (SSSR count). The van der Waals surface area contributed by atoms with Crippen LogP contribution in [0.15, 0.2) is 18.2 Å². The summed E-state index contributed by atoms with van der Waals surface area (Å²) in [5, 5.41) is 12.9. The fourth-order valence-electron chi connectivity index (χ4n) is 1.52. The lowest BCUT2D eigenvalue weighted by molar-refractivity contribution is 0.390. The molecule has 0 aromatic heterocycles. The van der Waals surface area contributed by atoms with E-state index in [1.54, 1.807) is 12.1 Å². The van der Waals surface area contributed by atoms with E-state index < -0.39 is 0 Å². The summed E-state index contributed by atoms with van der Waals surface area (Å²) in [7, 11) is 4.10. The van der Waals surface area contributed by atoms with Crippen molar-refractivity contribution in [2.45, 2.75) is 19.4 Å². The van der Waals surface area contributed by atoms with Crippen molar-refractivity contribution in [2.24, 2.45) is 0 Å². The number of anilines is 1. The maximum Gasteiger partial charge on any atom is 0.101 e. The van der Waals surface area contributed by atoms with Crippen molar-refractivity contribution in [3.8, 4) is 6.07 Å². The first kappa shape index (κ1) is 13.8. The fourth-order valence-corrected chi connectivity index (χ4v) is 1.70. The monoisotopic (exact) mass is 251 g/mol. The average Bonchev–Trinajstić information content (AvgIpc) is 2.28. The molecule has 0 aliphatic heterocycles. The van der Waals surface area contributed by atoms with Crippen molar-refractivity contribution in [1.82, 2.24) is 4.90 Å².